The summed E-state index contributed by atoms with van der Waals surface area (Å²) in [5.74, 6) is 2.46. The third-order valence-corrected chi connectivity index (χ3v) is 4.84. The van der Waals surface area contributed by atoms with Gasteiger partial charge in [-0.2, -0.15) is 0 Å². The molecule has 4 heteroatoms. The second kappa shape index (κ2) is 11.7. The zero-order valence-corrected chi connectivity index (χ0v) is 17.3. The number of aromatic nitrogens is 2. The van der Waals surface area contributed by atoms with Crippen LogP contribution in [0.15, 0.2) is 30.6 Å². The summed E-state index contributed by atoms with van der Waals surface area (Å²) >= 11 is 0. The van der Waals surface area contributed by atoms with E-state index in [-0.39, 0.29) is 0 Å². The normalized spacial score (nSPS) is 13.1. The second-order valence-corrected chi connectivity index (χ2v) is 7.46. The maximum atomic E-state index is 5.84. The zero-order valence-electron chi connectivity index (χ0n) is 17.3. The predicted molar refractivity (Wildman–Crippen MR) is 109 cm³/mol. The Bertz CT molecular complexity index is 584. The summed E-state index contributed by atoms with van der Waals surface area (Å²) in [7, 11) is 0. The van der Waals surface area contributed by atoms with E-state index in [9.17, 15) is 0 Å². The highest BCUT2D eigenvalue weighted by Crippen LogP contribution is 2.24. The molecule has 0 aliphatic rings. The molecule has 1 aromatic rings. The van der Waals surface area contributed by atoms with Crippen LogP contribution in [0.3, 0.4) is 0 Å². The largest absolute Gasteiger partial charge is 0.473 e. The van der Waals surface area contributed by atoms with Crippen LogP contribution in [0, 0.1) is 18.8 Å². The van der Waals surface area contributed by atoms with Crippen LogP contribution >= 0.6 is 0 Å². The van der Waals surface area contributed by atoms with Gasteiger partial charge in [-0.25, -0.2) is 9.97 Å². The average molecular weight is 361 g/mol. The summed E-state index contributed by atoms with van der Waals surface area (Å²) in [5.41, 5.74) is 2.99. The molecule has 0 radical (unpaired) electrons. The highest BCUT2D eigenvalue weighted by molar-refractivity contribution is 5.33. The Morgan fingerprint density at radius 3 is 2.04 bits per heavy atom. The molecule has 0 aliphatic carbocycles. The van der Waals surface area contributed by atoms with E-state index in [1.54, 1.807) is 0 Å². The quantitative estimate of drug-likeness (QED) is 0.410. The molecule has 0 aromatic carbocycles. The lowest BCUT2D eigenvalue weighted by Gasteiger charge is -2.15. The molecular formula is C22H36N2O2. The second-order valence-electron chi connectivity index (χ2n) is 7.46. The average Bonchev–Trinajstić information content (AvgIpc) is 2.63. The molecule has 0 fully saturated rings. The topological polar surface area (TPSA) is 44.2 Å². The zero-order chi connectivity index (χ0) is 19.5. The Hall–Kier alpha value is -1.84. The standard InChI is InChI=1S/C22H36N2O2/c1-8-16(3)10-11-18(5)13-25-21-20(7)22(24-15-23-21)26-14-19(6)12-17(4)9-2/h15-17H,5-6,8-14H2,1-4,7H3/t16-,17+/m0/s1. The van der Waals surface area contributed by atoms with E-state index in [2.05, 4.69) is 50.8 Å². The van der Waals surface area contributed by atoms with E-state index in [0.29, 0.717) is 30.9 Å². The van der Waals surface area contributed by atoms with Gasteiger partial charge in [0.05, 0.1) is 5.56 Å². The van der Waals surface area contributed by atoms with Crippen LogP contribution < -0.4 is 9.47 Å². The Kier molecular flexibility index (Phi) is 10.0. The Morgan fingerprint density at radius 2 is 1.50 bits per heavy atom. The molecule has 0 saturated heterocycles. The van der Waals surface area contributed by atoms with Gasteiger partial charge >= 0.3 is 0 Å². The molecule has 1 heterocycles. The van der Waals surface area contributed by atoms with Gasteiger partial charge in [0, 0.05) is 0 Å². The molecule has 26 heavy (non-hydrogen) atoms. The smallest absolute Gasteiger partial charge is 0.223 e. The van der Waals surface area contributed by atoms with Gasteiger partial charge in [-0.3, -0.25) is 0 Å². The lowest BCUT2D eigenvalue weighted by molar-refractivity contribution is 0.304. The number of nitrogens with zero attached hydrogens (tertiary/aromatic N) is 2. The van der Waals surface area contributed by atoms with E-state index in [1.165, 1.54) is 12.7 Å². The first-order valence-corrected chi connectivity index (χ1v) is 9.77. The van der Waals surface area contributed by atoms with Gasteiger partial charge in [-0.1, -0.05) is 53.7 Å². The first kappa shape index (κ1) is 22.2. The minimum atomic E-state index is 0.475. The van der Waals surface area contributed by atoms with Crippen LogP contribution in [0.2, 0.25) is 0 Å². The SMILES string of the molecule is C=C(CC[C@@H](C)CC)COc1ncnc(OCC(=C)C[C@H](C)CC)c1C. The van der Waals surface area contributed by atoms with Crippen LogP contribution in [0.4, 0.5) is 0 Å². The van der Waals surface area contributed by atoms with Crippen molar-refractivity contribution in [3.05, 3.63) is 36.2 Å². The van der Waals surface area contributed by atoms with E-state index in [4.69, 9.17) is 9.47 Å². The summed E-state index contributed by atoms with van der Waals surface area (Å²) in [4.78, 5) is 8.47. The summed E-state index contributed by atoms with van der Waals surface area (Å²) in [6.45, 7) is 20.0. The third kappa shape index (κ3) is 8.03. The van der Waals surface area contributed by atoms with Crippen molar-refractivity contribution < 1.29 is 9.47 Å². The molecule has 146 valence electrons. The molecule has 0 N–H and O–H groups in total. The van der Waals surface area contributed by atoms with Crippen molar-refractivity contribution in [2.24, 2.45) is 11.8 Å². The van der Waals surface area contributed by atoms with Crippen molar-refractivity contribution >= 4 is 0 Å². The highest BCUT2D eigenvalue weighted by atomic mass is 16.5. The first-order chi connectivity index (χ1) is 12.4. The van der Waals surface area contributed by atoms with E-state index < -0.39 is 0 Å². The summed E-state index contributed by atoms with van der Waals surface area (Å²) in [6, 6.07) is 0. The number of ether oxygens (including phenoxy) is 2. The first-order valence-electron chi connectivity index (χ1n) is 9.77. The fourth-order valence-electron chi connectivity index (χ4n) is 2.47. The Morgan fingerprint density at radius 1 is 0.962 bits per heavy atom. The van der Waals surface area contributed by atoms with Crippen LogP contribution in [-0.2, 0) is 0 Å². The molecule has 0 bridgehead atoms. The Labute approximate surface area is 159 Å². The minimum Gasteiger partial charge on any atom is -0.473 e. The molecule has 0 aliphatic heterocycles. The highest BCUT2D eigenvalue weighted by Gasteiger charge is 2.11. The van der Waals surface area contributed by atoms with Crippen LogP contribution in [0.25, 0.3) is 0 Å². The van der Waals surface area contributed by atoms with Gasteiger partial charge in [-0.15, -0.1) is 0 Å². The van der Waals surface area contributed by atoms with Crippen LogP contribution in [-0.4, -0.2) is 23.2 Å². The van der Waals surface area contributed by atoms with Gasteiger partial charge in [0.1, 0.15) is 19.5 Å². The van der Waals surface area contributed by atoms with Crippen LogP contribution in [0.5, 0.6) is 11.8 Å². The predicted octanol–water partition coefficient (Wildman–Crippen LogP) is 5.92. The lowest BCUT2D eigenvalue weighted by atomic mass is 10.0. The van der Waals surface area contributed by atoms with Gasteiger partial charge in [0.2, 0.25) is 11.8 Å². The minimum absolute atomic E-state index is 0.475. The van der Waals surface area contributed by atoms with E-state index in [0.717, 1.165) is 48.3 Å². The summed E-state index contributed by atoms with van der Waals surface area (Å²) < 4.78 is 11.7. The van der Waals surface area contributed by atoms with Crippen molar-refractivity contribution in [3.63, 3.8) is 0 Å². The van der Waals surface area contributed by atoms with Crippen LogP contribution in [0.1, 0.15) is 65.4 Å². The molecule has 0 amide bonds. The number of hydrogen-bond donors (Lipinski definition) is 0. The van der Waals surface area contributed by atoms with Crippen molar-refractivity contribution in [2.45, 2.75) is 66.7 Å². The molecule has 4 nitrogen and oxygen atoms in total. The molecule has 1 rings (SSSR count). The maximum Gasteiger partial charge on any atom is 0.223 e. The monoisotopic (exact) mass is 360 g/mol. The van der Waals surface area contributed by atoms with Crippen molar-refractivity contribution in [1.29, 1.82) is 0 Å². The summed E-state index contributed by atoms with van der Waals surface area (Å²) in [5, 5.41) is 0. The van der Waals surface area contributed by atoms with Gasteiger partial charge in [0.15, 0.2) is 0 Å². The van der Waals surface area contributed by atoms with E-state index in [1.807, 2.05) is 6.92 Å². The molecule has 0 saturated carbocycles. The molecule has 1 aromatic heterocycles. The van der Waals surface area contributed by atoms with Gasteiger partial charge in [-0.05, 0) is 49.2 Å². The third-order valence-electron chi connectivity index (χ3n) is 4.84. The number of rotatable bonds is 13. The van der Waals surface area contributed by atoms with Crippen molar-refractivity contribution in [2.75, 3.05) is 13.2 Å². The molecular weight excluding hydrogens is 324 g/mol. The lowest BCUT2D eigenvalue weighted by Crippen LogP contribution is -2.09. The van der Waals surface area contributed by atoms with Crippen molar-refractivity contribution in [1.82, 2.24) is 9.97 Å². The molecule has 0 spiro atoms. The fourth-order valence-corrected chi connectivity index (χ4v) is 2.47. The van der Waals surface area contributed by atoms with Gasteiger partial charge < -0.3 is 9.47 Å². The molecule has 0 unspecified atom stereocenters. The summed E-state index contributed by atoms with van der Waals surface area (Å²) in [6.07, 6.45) is 6.93. The molecule has 2 atom stereocenters. The fraction of sp³-hybridized carbons (Fsp3) is 0.636. The maximum absolute atomic E-state index is 5.84. The number of hydrogen-bond acceptors (Lipinski definition) is 4. The van der Waals surface area contributed by atoms with E-state index >= 15 is 0 Å². The Balaban J connectivity index is 2.52. The van der Waals surface area contributed by atoms with Gasteiger partial charge in [0.25, 0.3) is 0 Å². The van der Waals surface area contributed by atoms with Crippen molar-refractivity contribution in [3.8, 4) is 11.8 Å².